The Hall–Kier alpha value is 0. The fourth-order valence-electron chi connectivity index (χ4n) is 2.20. The normalized spacial score (nSPS) is 21.8. The molecule has 0 aromatic carbocycles. The zero-order valence-electron chi connectivity index (χ0n) is 8.27. The Labute approximate surface area is 71.4 Å². The van der Waals surface area contributed by atoms with Gasteiger partial charge in [-0.2, -0.15) is 0 Å². The lowest BCUT2D eigenvalue weighted by atomic mass is 9.78. The van der Waals surface area contributed by atoms with Crippen LogP contribution in [0.5, 0.6) is 0 Å². The molecule has 0 aliphatic heterocycles. The lowest BCUT2D eigenvalue weighted by Gasteiger charge is -2.28. The predicted molar refractivity (Wildman–Crippen MR) is 50.6 cm³/mol. The Bertz CT molecular complexity index is 101. The minimum atomic E-state index is 0.894. The number of hydrogen-bond donors (Lipinski definition) is 0. The Morgan fingerprint density at radius 3 is 2.18 bits per heavy atom. The van der Waals surface area contributed by atoms with Crippen molar-refractivity contribution in [1.82, 2.24) is 0 Å². The van der Waals surface area contributed by atoms with Crippen LogP contribution in [-0.4, -0.2) is 0 Å². The molecule has 0 saturated heterocycles. The summed E-state index contributed by atoms with van der Waals surface area (Å²) in [6.07, 6.45) is 7.46. The molecule has 0 heterocycles. The highest BCUT2D eigenvalue weighted by Gasteiger charge is 2.19. The third-order valence-electron chi connectivity index (χ3n) is 2.83. The van der Waals surface area contributed by atoms with Gasteiger partial charge < -0.3 is 0 Å². The fraction of sp³-hybridized carbons (Fsp3) is 1.00. The van der Waals surface area contributed by atoms with Gasteiger partial charge in [0.2, 0.25) is 0 Å². The predicted octanol–water partition coefficient (Wildman–Crippen LogP) is 3.86. The van der Waals surface area contributed by atoms with Crippen LogP contribution in [0.25, 0.3) is 0 Å². The molecule has 1 rings (SSSR count). The van der Waals surface area contributed by atoms with Gasteiger partial charge in [-0.1, -0.05) is 40.0 Å². The lowest BCUT2D eigenvalue weighted by Crippen LogP contribution is -2.15. The maximum absolute atomic E-state index is 2.42. The largest absolute Gasteiger partial charge is 0.0628 e. The minimum absolute atomic E-state index is 0.894. The Kier molecular flexibility index (Phi) is 3.42. The number of rotatable bonds is 4. The molecule has 1 aliphatic carbocycles. The van der Waals surface area contributed by atoms with Gasteiger partial charge in [-0.05, 0) is 30.6 Å². The van der Waals surface area contributed by atoms with Crippen LogP contribution < -0.4 is 0 Å². The van der Waals surface area contributed by atoms with Gasteiger partial charge >= 0.3 is 0 Å². The molecular formula is C11H22. The third kappa shape index (κ3) is 3.27. The maximum Gasteiger partial charge on any atom is -0.0412 e. The van der Waals surface area contributed by atoms with E-state index < -0.39 is 0 Å². The van der Waals surface area contributed by atoms with Crippen LogP contribution in [0.3, 0.4) is 0 Å². The molecule has 1 saturated carbocycles. The molecular weight excluding hydrogens is 132 g/mol. The van der Waals surface area contributed by atoms with Crippen molar-refractivity contribution in [3.8, 4) is 0 Å². The van der Waals surface area contributed by atoms with Crippen molar-refractivity contribution < 1.29 is 0 Å². The van der Waals surface area contributed by atoms with Crippen LogP contribution in [0.2, 0.25) is 0 Å². The van der Waals surface area contributed by atoms with Crippen LogP contribution in [0.4, 0.5) is 0 Å². The summed E-state index contributed by atoms with van der Waals surface area (Å²) in [5.74, 6) is 2.97. The molecule has 1 unspecified atom stereocenters. The van der Waals surface area contributed by atoms with Crippen molar-refractivity contribution in [2.24, 2.45) is 17.8 Å². The highest BCUT2D eigenvalue weighted by molar-refractivity contribution is 4.72. The summed E-state index contributed by atoms with van der Waals surface area (Å²) in [4.78, 5) is 0. The lowest BCUT2D eigenvalue weighted by molar-refractivity contribution is 0.241. The molecule has 0 aromatic rings. The molecule has 11 heavy (non-hydrogen) atoms. The molecule has 0 bridgehead atoms. The van der Waals surface area contributed by atoms with Gasteiger partial charge in [0.1, 0.15) is 0 Å². The fourth-order valence-corrected chi connectivity index (χ4v) is 2.20. The smallest absolute Gasteiger partial charge is 0.0412 e. The Morgan fingerprint density at radius 2 is 1.82 bits per heavy atom. The zero-order chi connectivity index (χ0) is 8.27. The summed E-state index contributed by atoms with van der Waals surface area (Å²) in [6.45, 7) is 7.08. The first-order valence-electron chi connectivity index (χ1n) is 5.18. The standard InChI is InChI=1S/C11H22/c1-9(2)7-10(3)8-11-5-4-6-11/h9-11H,4-8H2,1-3H3. The minimum Gasteiger partial charge on any atom is -0.0628 e. The second-order valence-electron chi connectivity index (χ2n) is 4.77. The first-order valence-corrected chi connectivity index (χ1v) is 5.18. The molecule has 0 nitrogen and oxygen atoms in total. The topological polar surface area (TPSA) is 0 Å². The zero-order valence-corrected chi connectivity index (χ0v) is 8.27. The van der Waals surface area contributed by atoms with Crippen LogP contribution in [0, 0.1) is 17.8 Å². The van der Waals surface area contributed by atoms with E-state index in [1.807, 2.05) is 0 Å². The molecule has 0 amide bonds. The molecule has 1 aliphatic rings. The molecule has 0 radical (unpaired) electrons. The van der Waals surface area contributed by atoms with E-state index in [2.05, 4.69) is 20.8 Å². The van der Waals surface area contributed by atoms with Gasteiger partial charge in [-0.15, -0.1) is 0 Å². The van der Waals surface area contributed by atoms with Crippen molar-refractivity contribution >= 4 is 0 Å². The first kappa shape index (κ1) is 9.09. The van der Waals surface area contributed by atoms with Crippen LogP contribution >= 0.6 is 0 Å². The Morgan fingerprint density at radius 1 is 1.18 bits per heavy atom. The van der Waals surface area contributed by atoms with E-state index in [1.54, 1.807) is 0 Å². The van der Waals surface area contributed by atoms with Crippen LogP contribution in [0.1, 0.15) is 52.9 Å². The van der Waals surface area contributed by atoms with E-state index in [9.17, 15) is 0 Å². The van der Waals surface area contributed by atoms with Gasteiger partial charge in [0.05, 0.1) is 0 Å². The second-order valence-corrected chi connectivity index (χ2v) is 4.77. The summed E-state index contributed by atoms with van der Waals surface area (Å²) in [6, 6.07) is 0. The van der Waals surface area contributed by atoms with Crippen LogP contribution in [-0.2, 0) is 0 Å². The average Bonchev–Trinajstić information content (AvgIpc) is 1.77. The summed E-state index contributed by atoms with van der Waals surface area (Å²) in [7, 11) is 0. The van der Waals surface area contributed by atoms with Gasteiger partial charge in [0.15, 0.2) is 0 Å². The summed E-state index contributed by atoms with van der Waals surface area (Å²) >= 11 is 0. The van der Waals surface area contributed by atoms with Gasteiger partial charge in [-0.25, -0.2) is 0 Å². The third-order valence-corrected chi connectivity index (χ3v) is 2.83. The second kappa shape index (κ2) is 4.13. The quantitative estimate of drug-likeness (QED) is 0.577. The van der Waals surface area contributed by atoms with E-state index in [0.29, 0.717) is 0 Å². The first-order chi connectivity index (χ1) is 5.18. The van der Waals surface area contributed by atoms with Crippen molar-refractivity contribution in [3.63, 3.8) is 0 Å². The number of hydrogen-bond acceptors (Lipinski definition) is 0. The monoisotopic (exact) mass is 154 g/mol. The summed E-state index contributed by atoms with van der Waals surface area (Å²) in [5, 5.41) is 0. The van der Waals surface area contributed by atoms with E-state index in [-0.39, 0.29) is 0 Å². The highest BCUT2D eigenvalue weighted by atomic mass is 14.3. The van der Waals surface area contributed by atoms with Gasteiger partial charge in [0, 0.05) is 0 Å². The van der Waals surface area contributed by atoms with Crippen molar-refractivity contribution in [2.75, 3.05) is 0 Å². The molecule has 1 fully saturated rings. The van der Waals surface area contributed by atoms with E-state index >= 15 is 0 Å². The molecule has 0 N–H and O–H groups in total. The molecule has 66 valence electrons. The molecule has 0 aromatic heterocycles. The maximum atomic E-state index is 2.42. The van der Waals surface area contributed by atoms with E-state index in [4.69, 9.17) is 0 Å². The summed E-state index contributed by atoms with van der Waals surface area (Å²) < 4.78 is 0. The SMILES string of the molecule is CC(C)CC(C)CC1CCC1. The Balaban J connectivity index is 2.04. The highest BCUT2D eigenvalue weighted by Crippen LogP contribution is 2.33. The molecule has 0 spiro atoms. The van der Waals surface area contributed by atoms with E-state index in [1.165, 1.54) is 32.1 Å². The van der Waals surface area contributed by atoms with E-state index in [0.717, 1.165) is 17.8 Å². The van der Waals surface area contributed by atoms with Crippen molar-refractivity contribution in [2.45, 2.75) is 52.9 Å². The van der Waals surface area contributed by atoms with Gasteiger partial charge in [0.25, 0.3) is 0 Å². The average molecular weight is 154 g/mol. The van der Waals surface area contributed by atoms with Crippen molar-refractivity contribution in [3.05, 3.63) is 0 Å². The summed E-state index contributed by atoms with van der Waals surface area (Å²) in [5.41, 5.74) is 0. The molecule has 0 heteroatoms. The van der Waals surface area contributed by atoms with Gasteiger partial charge in [-0.3, -0.25) is 0 Å². The van der Waals surface area contributed by atoms with Crippen molar-refractivity contribution in [1.29, 1.82) is 0 Å². The van der Waals surface area contributed by atoms with Crippen LogP contribution in [0.15, 0.2) is 0 Å². The molecule has 1 atom stereocenters.